The van der Waals surface area contributed by atoms with Gasteiger partial charge in [0.05, 0.1) is 12.4 Å². The van der Waals surface area contributed by atoms with Crippen molar-refractivity contribution in [1.82, 2.24) is 9.80 Å². The third-order valence-electron chi connectivity index (χ3n) is 5.03. The number of likely N-dealkylation sites (tertiary alicyclic amines) is 2. The Kier molecular flexibility index (Phi) is 6.41. The number of hydrogen-bond acceptors (Lipinski definition) is 6. The fraction of sp³-hybridized carbons (Fsp3) is 0.867. The number of sulfonamides is 1. The molecule has 9 nitrogen and oxygen atoms in total. The summed E-state index contributed by atoms with van der Waals surface area (Å²) in [5, 5.41) is 14.8. The first-order chi connectivity index (χ1) is 11.7. The van der Waals surface area contributed by atoms with E-state index in [1.165, 1.54) is 0 Å². The molecule has 10 heteroatoms. The van der Waals surface area contributed by atoms with Crippen LogP contribution in [0.3, 0.4) is 0 Å². The summed E-state index contributed by atoms with van der Waals surface area (Å²) in [7, 11) is -3.57. The van der Waals surface area contributed by atoms with Crippen molar-refractivity contribution in [2.45, 2.75) is 19.8 Å². The van der Waals surface area contributed by atoms with Gasteiger partial charge >= 0.3 is 0 Å². The van der Waals surface area contributed by atoms with Gasteiger partial charge in [-0.15, -0.1) is 0 Å². The van der Waals surface area contributed by atoms with E-state index in [-0.39, 0.29) is 49.5 Å². The summed E-state index contributed by atoms with van der Waals surface area (Å²) in [6.45, 7) is 3.95. The zero-order valence-electron chi connectivity index (χ0n) is 14.5. The van der Waals surface area contributed by atoms with E-state index in [2.05, 4.69) is 0 Å². The number of ether oxygens (including phenoxy) is 1. The molecule has 2 saturated heterocycles. The molecule has 2 aliphatic heterocycles. The lowest BCUT2D eigenvalue weighted by atomic mass is 9.82. The smallest absolute Gasteiger partial charge is 0.248 e. The predicted molar refractivity (Wildman–Crippen MR) is 89.9 cm³/mol. The lowest BCUT2D eigenvalue weighted by Gasteiger charge is -2.27. The number of hydrogen-bond donors (Lipinski definition) is 2. The van der Waals surface area contributed by atoms with Crippen LogP contribution in [-0.4, -0.2) is 86.9 Å². The van der Waals surface area contributed by atoms with E-state index < -0.39 is 15.4 Å². The van der Waals surface area contributed by atoms with Gasteiger partial charge in [-0.2, -0.15) is 0 Å². The van der Waals surface area contributed by atoms with Gasteiger partial charge in [-0.25, -0.2) is 13.6 Å². The molecule has 2 heterocycles. The summed E-state index contributed by atoms with van der Waals surface area (Å²) < 4.78 is 27.0. The molecule has 0 aromatic heterocycles. The molecular weight excluding hydrogens is 350 g/mol. The monoisotopic (exact) mass is 377 g/mol. The molecule has 2 rings (SSSR count). The second-order valence-electron chi connectivity index (χ2n) is 6.87. The van der Waals surface area contributed by atoms with Crippen LogP contribution in [0.25, 0.3) is 0 Å². The molecule has 2 fully saturated rings. The molecule has 2 atom stereocenters. The largest absolute Gasteiger partial charge is 0.396 e. The van der Waals surface area contributed by atoms with E-state index in [0.717, 1.165) is 0 Å². The normalized spacial score (nSPS) is 26.1. The number of carbonyl (C=O) groups is 2. The highest BCUT2D eigenvalue weighted by Crippen LogP contribution is 2.42. The van der Waals surface area contributed by atoms with Crippen LogP contribution in [0.15, 0.2) is 0 Å². The lowest BCUT2D eigenvalue weighted by Crippen LogP contribution is -2.41. The quantitative estimate of drug-likeness (QED) is 0.522. The van der Waals surface area contributed by atoms with E-state index in [4.69, 9.17) is 9.88 Å². The van der Waals surface area contributed by atoms with E-state index in [1.807, 2.05) is 6.92 Å². The molecule has 0 aliphatic carbocycles. The van der Waals surface area contributed by atoms with Crippen LogP contribution >= 0.6 is 0 Å². The third-order valence-corrected chi connectivity index (χ3v) is 5.89. The standard InChI is InChI=1S/C15H27N3O6S/c1-2-24-8-14(21)18-7-12-6-17(9-15(12,10-18)11-19)13(20)4-3-5-25(16,22)23/h12,19H,2-11H2,1H3,(H2,16,22,23). The van der Waals surface area contributed by atoms with Crippen molar-refractivity contribution < 1.29 is 27.9 Å². The molecule has 0 saturated carbocycles. The molecule has 0 radical (unpaired) electrons. The molecule has 3 N–H and O–H groups in total. The second kappa shape index (κ2) is 7.98. The van der Waals surface area contributed by atoms with Gasteiger partial charge in [0.2, 0.25) is 21.8 Å². The van der Waals surface area contributed by atoms with Gasteiger partial charge in [-0.1, -0.05) is 0 Å². The van der Waals surface area contributed by atoms with Crippen LogP contribution < -0.4 is 5.14 Å². The minimum atomic E-state index is -3.57. The molecule has 144 valence electrons. The van der Waals surface area contributed by atoms with Crippen LogP contribution in [0.4, 0.5) is 0 Å². The van der Waals surface area contributed by atoms with Gasteiger partial charge in [-0.3, -0.25) is 9.59 Å². The van der Waals surface area contributed by atoms with Gasteiger partial charge in [0, 0.05) is 50.5 Å². The highest BCUT2D eigenvalue weighted by atomic mass is 32.2. The Labute approximate surface area is 148 Å². The topological polar surface area (TPSA) is 130 Å². The van der Waals surface area contributed by atoms with Crippen LogP contribution in [-0.2, 0) is 24.3 Å². The number of fused-ring (bicyclic) bond motifs is 1. The molecule has 2 amide bonds. The molecule has 2 aliphatic rings. The minimum Gasteiger partial charge on any atom is -0.396 e. The average Bonchev–Trinajstić information content (AvgIpc) is 3.05. The number of nitrogens with two attached hydrogens (primary N) is 1. The van der Waals surface area contributed by atoms with Crippen LogP contribution in [0.2, 0.25) is 0 Å². The van der Waals surface area contributed by atoms with E-state index in [0.29, 0.717) is 32.8 Å². The number of amides is 2. The van der Waals surface area contributed by atoms with Crippen molar-refractivity contribution in [3.05, 3.63) is 0 Å². The third kappa shape index (κ3) is 4.90. The summed E-state index contributed by atoms with van der Waals surface area (Å²) in [4.78, 5) is 27.8. The molecule has 25 heavy (non-hydrogen) atoms. The molecule has 0 bridgehead atoms. The zero-order valence-corrected chi connectivity index (χ0v) is 15.3. The first kappa shape index (κ1) is 20.1. The number of nitrogens with zero attached hydrogens (tertiary/aromatic N) is 2. The highest BCUT2D eigenvalue weighted by molar-refractivity contribution is 7.89. The second-order valence-corrected chi connectivity index (χ2v) is 8.61. The minimum absolute atomic E-state index is 0.0188. The van der Waals surface area contributed by atoms with Gasteiger partial charge < -0.3 is 19.6 Å². The zero-order chi connectivity index (χ0) is 18.7. The Balaban J connectivity index is 1.90. The number of aliphatic hydroxyl groups excluding tert-OH is 1. The van der Waals surface area contributed by atoms with Gasteiger partial charge in [0.15, 0.2) is 0 Å². The molecule has 2 unspecified atom stereocenters. The number of rotatable bonds is 8. The van der Waals surface area contributed by atoms with E-state index in [9.17, 15) is 23.1 Å². The Bertz CT molecular complexity index is 610. The van der Waals surface area contributed by atoms with E-state index >= 15 is 0 Å². The Hall–Kier alpha value is -1.23. The highest BCUT2D eigenvalue weighted by Gasteiger charge is 2.53. The first-order valence-electron chi connectivity index (χ1n) is 8.45. The molecule has 0 aromatic rings. The van der Waals surface area contributed by atoms with Crippen molar-refractivity contribution in [2.75, 3.05) is 51.8 Å². The Morgan fingerprint density at radius 2 is 1.84 bits per heavy atom. The average molecular weight is 377 g/mol. The molecule has 0 spiro atoms. The number of carbonyl (C=O) groups excluding carboxylic acids is 2. The lowest BCUT2D eigenvalue weighted by molar-refractivity contribution is -0.136. The van der Waals surface area contributed by atoms with Crippen LogP contribution in [0, 0.1) is 11.3 Å². The summed E-state index contributed by atoms with van der Waals surface area (Å²) in [5.74, 6) is -0.445. The predicted octanol–water partition coefficient (Wildman–Crippen LogP) is -1.63. The maximum atomic E-state index is 12.3. The number of primary sulfonamides is 1. The SMILES string of the molecule is CCOCC(=O)N1CC2CN(C(=O)CCCS(N)(=O)=O)CC2(CO)C1. The van der Waals surface area contributed by atoms with Crippen molar-refractivity contribution in [1.29, 1.82) is 0 Å². The fourth-order valence-corrected chi connectivity index (χ4v) is 4.19. The van der Waals surface area contributed by atoms with Gasteiger partial charge in [0.25, 0.3) is 0 Å². The maximum absolute atomic E-state index is 12.3. The van der Waals surface area contributed by atoms with Crippen LogP contribution in [0.5, 0.6) is 0 Å². The Morgan fingerprint density at radius 1 is 1.24 bits per heavy atom. The van der Waals surface area contributed by atoms with Crippen LogP contribution in [0.1, 0.15) is 19.8 Å². The Morgan fingerprint density at radius 3 is 2.32 bits per heavy atom. The first-order valence-corrected chi connectivity index (χ1v) is 10.2. The van der Waals surface area contributed by atoms with Crippen molar-refractivity contribution in [2.24, 2.45) is 16.5 Å². The maximum Gasteiger partial charge on any atom is 0.248 e. The molecular formula is C15H27N3O6S. The van der Waals surface area contributed by atoms with Crippen molar-refractivity contribution >= 4 is 21.8 Å². The number of aliphatic hydroxyl groups is 1. The summed E-state index contributed by atoms with van der Waals surface area (Å²) in [6, 6.07) is 0. The molecule has 0 aromatic carbocycles. The van der Waals surface area contributed by atoms with E-state index in [1.54, 1.807) is 9.80 Å². The summed E-state index contributed by atoms with van der Waals surface area (Å²) in [5.41, 5.74) is -0.503. The fourth-order valence-electron chi connectivity index (χ4n) is 3.65. The summed E-state index contributed by atoms with van der Waals surface area (Å²) in [6.07, 6.45) is 0.293. The van der Waals surface area contributed by atoms with Gasteiger partial charge in [0.1, 0.15) is 6.61 Å². The van der Waals surface area contributed by atoms with Crippen molar-refractivity contribution in [3.8, 4) is 0 Å². The summed E-state index contributed by atoms with van der Waals surface area (Å²) >= 11 is 0. The van der Waals surface area contributed by atoms with Gasteiger partial charge in [-0.05, 0) is 13.3 Å². The van der Waals surface area contributed by atoms with Crippen molar-refractivity contribution in [3.63, 3.8) is 0 Å².